The highest BCUT2D eigenvalue weighted by Crippen LogP contribution is 2.35. The molecule has 21 heavy (non-hydrogen) atoms. The Balaban J connectivity index is 2.19. The third kappa shape index (κ3) is 2.48. The summed E-state index contributed by atoms with van der Waals surface area (Å²) >= 11 is 7.44. The first kappa shape index (κ1) is 13.9. The van der Waals surface area contributed by atoms with Crippen LogP contribution in [0.4, 0.5) is 0 Å². The van der Waals surface area contributed by atoms with Crippen molar-refractivity contribution in [3.8, 4) is 17.0 Å². The number of aromatic carboxylic acids is 1. The van der Waals surface area contributed by atoms with Crippen LogP contribution in [0.1, 0.15) is 17.4 Å². The molecule has 0 spiro atoms. The minimum atomic E-state index is -1.05. The molecule has 0 fully saturated rings. The average Bonchev–Trinajstić information content (AvgIpc) is 3.01. The van der Waals surface area contributed by atoms with Crippen LogP contribution in [0, 0.1) is 0 Å². The molecule has 0 unspecified atom stereocenters. The Morgan fingerprint density at radius 1 is 1.52 bits per heavy atom. The number of carbonyl (C=O) groups is 1. The molecule has 1 N–H and O–H groups in total. The SMILES string of the molecule is CCOc1ccc(Cl)cc1-c1csc2nc(C(=O)O)cn12. The predicted molar refractivity (Wildman–Crippen MR) is 81.6 cm³/mol. The van der Waals surface area contributed by atoms with Gasteiger partial charge < -0.3 is 9.84 Å². The summed E-state index contributed by atoms with van der Waals surface area (Å²) in [6, 6.07) is 5.37. The van der Waals surface area contributed by atoms with Crippen molar-refractivity contribution in [1.82, 2.24) is 9.38 Å². The maximum atomic E-state index is 11.0. The van der Waals surface area contributed by atoms with Crippen LogP contribution in [-0.4, -0.2) is 27.1 Å². The van der Waals surface area contributed by atoms with E-state index in [1.54, 1.807) is 22.6 Å². The maximum Gasteiger partial charge on any atom is 0.356 e. The van der Waals surface area contributed by atoms with Gasteiger partial charge in [0.05, 0.1) is 12.3 Å². The molecule has 2 heterocycles. The molecule has 0 radical (unpaired) electrons. The van der Waals surface area contributed by atoms with Gasteiger partial charge in [-0.05, 0) is 25.1 Å². The van der Waals surface area contributed by atoms with Crippen LogP contribution >= 0.6 is 22.9 Å². The van der Waals surface area contributed by atoms with E-state index in [0.717, 1.165) is 11.3 Å². The van der Waals surface area contributed by atoms with Gasteiger partial charge in [0, 0.05) is 22.2 Å². The van der Waals surface area contributed by atoms with E-state index >= 15 is 0 Å². The van der Waals surface area contributed by atoms with Crippen LogP contribution in [0.2, 0.25) is 5.02 Å². The zero-order valence-electron chi connectivity index (χ0n) is 11.0. The van der Waals surface area contributed by atoms with Crippen molar-refractivity contribution in [2.24, 2.45) is 0 Å². The molecule has 5 nitrogen and oxygen atoms in total. The second-order valence-corrected chi connectivity index (χ2v) is 5.55. The Bertz CT molecular complexity index is 825. The zero-order valence-corrected chi connectivity index (χ0v) is 12.6. The Hall–Kier alpha value is -2.05. The van der Waals surface area contributed by atoms with E-state index in [0.29, 0.717) is 22.3 Å². The molecule has 0 saturated heterocycles. The lowest BCUT2D eigenvalue weighted by Gasteiger charge is -2.09. The van der Waals surface area contributed by atoms with Crippen molar-refractivity contribution in [2.75, 3.05) is 6.61 Å². The van der Waals surface area contributed by atoms with Crippen LogP contribution in [0.3, 0.4) is 0 Å². The Morgan fingerprint density at radius 3 is 3.05 bits per heavy atom. The number of aromatic nitrogens is 2. The molecule has 0 bridgehead atoms. The molecule has 0 aliphatic rings. The van der Waals surface area contributed by atoms with Crippen molar-refractivity contribution in [2.45, 2.75) is 6.92 Å². The first-order chi connectivity index (χ1) is 10.1. The number of benzene rings is 1. The van der Waals surface area contributed by atoms with Gasteiger partial charge in [0.25, 0.3) is 0 Å². The third-order valence-corrected chi connectivity index (χ3v) is 4.02. The second kappa shape index (κ2) is 5.38. The molecule has 2 aromatic heterocycles. The summed E-state index contributed by atoms with van der Waals surface area (Å²) in [5.41, 5.74) is 1.63. The van der Waals surface area contributed by atoms with Gasteiger partial charge in [0.1, 0.15) is 5.75 Å². The Morgan fingerprint density at radius 2 is 2.33 bits per heavy atom. The second-order valence-electron chi connectivity index (χ2n) is 4.28. The molecular weight excluding hydrogens is 312 g/mol. The molecule has 0 amide bonds. The summed E-state index contributed by atoms with van der Waals surface area (Å²) in [7, 11) is 0. The number of fused-ring (bicyclic) bond motifs is 1. The number of nitrogens with zero attached hydrogens (tertiary/aromatic N) is 2. The van der Waals surface area contributed by atoms with Gasteiger partial charge in [-0.1, -0.05) is 11.6 Å². The summed E-state index contributed by atoms with van der Waals surface area (Å²) < 4.78 is 7.35. The quantitative estimate of drug-likeness (QED) is 0.793. The number of carboxylic acids is 1. The molecular formula is C14H11ClN2O3S. The topological polar surface area (TPSA) is 63.8 Å². The molecule has 0 aliphatic heterocycles. The number of carboxylic acid groups (broad SMARTS) is 1. The fourth-order valence-corrected chi connectivity index (χ4v) is 3.11. The van der Waals surface area contributed by atoms with E-state index in [9.17, 15) is 4.79 Å². The van der Waals surface area contributed by atoms with Crippen LogP contribution in [0.15, 0.2) is 29.8 Å². The molecule has 0 aliphatic carbocycles. The summed E-state index contributed by atoms with van der Waals surface area (Å²) in [6.07, 6.45) is 1.50. The molecule has 3 rings (SSSR count). The monoisotopic (exact) mass is 322 g/mol. The van der Waals surface area contributed by atoms with Gasteiger partial charge in [-0.25, -0.2) is 9.78 Å². The highest BCUT2D eigenvalue weighted by atomic mass is 35.5. The summed E-state index contributed by atoms with van der Waals surface area (Å²) in [6.45, 7) is 2.44. The molecule has 3 aromatic rings. The van der Waals surface area contributed by atoms with Gasteiger partial charge in [-0.3, -0.25) is 4.40 Å². The van der Waals surface area contributed by atoms with Gasteiger partial charge >= 0.3 is 5.97 Å². The smallest absolute Gasteiger partial charge is 0.356 e. The van der Waals surface area contributed by atoms with Gasteiger partial charge in [0.15, 0.2) is 10.7 Å². The normalized spacial score (nSPS) is 11.0. The van der Waals surface area contributed by atoms with Gasteiger partial charge in [0.2, 0.25) is 0 Å². The fraction of sp³-hybridized carbons (Fsp3) is 0.143. The van der Waals surface area contributed by atoms with Gasteiger partial charge in [-0.2, -0.15) is 0 Å². The minimum Gasteiger partial charge on any atom is -0.493 e. The molecule has 0 atom stereocenters. The molecule has 7 heteroatoms. The van der Waals surface area contributed by atoms with E-state index < -0.39 is 5.97 Å². The molecule has 108 valence electrons. The van der Waals surface area contributed by atoms with E-state index in [-0.39, 0.29) is 5.69 Å². The molecule has 1 aromatic carbocycles. The summed E-state index contributed by atoms with van der Waals surface area (Å²) in [4.78, 5) is 15.7. The predicted octanol–water partition coefficient (Wildman–Crippen LogP) is 3.81. The zero-order chi connectivity index (χ0) is 15.0. The van der Waals surface area contributed by atoms with Crippen molar-refractivity contribution in [3.63, 3.8) is 0 Å². The standard InChI is InChI=1S/C14H11ClN2O3S/c1-2-20-12-4-3-8(15)5-9(12)11-7-21-14-16-10(13(18)19)6-17(11)14/h3-7H,2H2,1H3,(H,18,19). The van der Waals surface area contributed by atoms with Crippen LogP contribution in [0.25, 0.3) is 16.2 Å². The van der Waals surface area contributed by atoms with Crippen molar-refractivity contribution in [3.05, 3.63) is 40.5 Å². The van der Waals surface area contributed by atoms with Crippen molar-refractivity contribution in [1.29, 1.82) is 0 Å². The fourth-order valence-electron chi connectivity index (χ4n) is 2.06. The lowest BCUT2D eigenvalue weighted by atomic mass is 10.1. The average molecular weight is 323 g/mol. The highest BCUT2D eigenvalue weighted by Gasteiger charge is 2.16. The first-order valence-electron chi connectivity index (χ1n) is 6.22. The maximum absolute atomic E-state index is 11.0. The number of halogens is 1. The number of ether oxygens (including phenoxy) is 1. The summed E-state index contributed by atoms with van der Waals surface area (Å²) in [5.74, 6) is -0.347. The first-order valence-corrected chi connectivity index (χ1v) is 7.48. The van der Waals surface area contributed by atoms with Crippen LogP contribution in [-0.2, 0) is 0 Å². The molecule has 0 saturated carbocycles. The van der Waals surface area contributed by atoms with E-state index in [2.05, 4.69) is 4.98 Å². The lowest BCUT2D eigenvalue weighted by Crippen LogP contribution is -1.96. The van der Waals surface area contributed by atoms with Crippen LogP contribution in [0.5, 0.6) is 5.75 Å². The van der Waals surface area contributed by atoms with Crippen LogP contribution < -0.4 is 4.74 Å². The largest absolute Gasteiger partial charge is 0.493 e. The van der Waals surface area contributed by atoms with Crippen molar-refractivity contribution < 1.29 is 14.6 Å². The highest BCUT2D eigenvalue weighted by molar-refractivity contribution is 7.15. The van der Waals surface area contributed by atoms with E-state index in [1.165, 1.54) is 17.5 Å². The third-order valence-electron chi connectivity index (χ3n) is 2.95. The minimum absolute atomic E-state index is 0.0167. The lowest BCUT2D eigenvalue weighted by molar-refractivity contribution is 0.0691. The van der Waals surface area contributed by atoms with Gasteiger partial charge in [-0.15, -0.1) is 11.3 Å². The van der Waals surface area contributed by atoms with E-state index in [4.69, 9.17) is 21.4 Å². The number of hydrogen-bond acceptors (Lipinski definition) is 4. The number of hydrogen-bond donors (Lipinski definition) is 1. The summed E-state index contributed by atoms with van der Waals surface area (Å²) in [5, 5.41) is 11.5. The van der Waals surface area contributed by atoms with Crippen molar-refractivity contribution >= 4 is 33.9 Å². The Labute approximate surface area is 129 Å². The number of thiazole rings is 1. The van der Waals surface area contributed by atoms with E-state index in [1.807, 2.05) is 12.3 Å². The number of rotatable bonds is 4. The number of imidazole rings is 1. The Kier molecular flexibility index (Phi) is 3.57.